The van der Waals surface area contributed by atoms with E-state index in [0.717, 1.165) is 18.4 Å². The Hall–Kier alpha value is -4.25. The fourth-order valence-corrected chi connectivity index (χ4v) is 5.44. The molecule has 42 heavy (non-hydrogen) atoms. The van der Waals surface area contributed by atoms with Gasteiger partial charge in [0.15, 0.2) is 5.75 Å². The Bertz CT molecular complexity index is 1650. The number of pyridine rings is 1. The first-order chi connectivity index (χ1) is 20.2. The number of fused-ring (bicyclic) bond motifs is 2. The van der Waals surface area contributed by atoms with Crippen molar-refractivity contribution >= 4 is 45.1 Å². The number of amides is 1. The second-order valence-electron chi connectivity index (χ2n) is 10.5. The van der Waals surface area contributed by atoms with Crippen LogP contribution in [-0.2, 0) is 4.79 Å². The van der Waals surface area contributed by atoms with Crippen LogP contribution in [0.4, 0.5) is 10.2 Å². The van der Waals surface area contributed by atoms with E-state index in [9.17, 15) is 9.18 Å². The summed E-state index contributed by atoms with van der Waals surface area (Å²) in [4.78, 5) is 30.0. The molecule has 1 aromatic carbocycles. The first-order valence-electron chi connectivity index (χ1n) is 13.8. The highest BCUT2D eigenvalue weighted by Gasteiger charge is 2.27. The van der Waals surface area contributed by atoms with E-state index in [2.05, 4.69) is 47.1 Å². The summed E-state index contributed by atoms with van der Waals surface area (Å²) in [6, 6.07) is 3.22. The minimum Gasteiger partial charge on any atom is -0.460 e. The highest BCUT2D eigenvalue weighted by atomic mass is 35.5. The van der Waals surface area contributed by atoms with E-state index in [-0.39, 0.29) is 40.6 Å². The van der Waals surface area contributed by atoms with Crippen molar-refractivity contribution < 1.29 is 18.7 Å². The SMILES string of the molecule is C=CC(=O)N1CCN(c2nc(O[C@H](CC)C(C)CC(=C)C)nc3c(Oc4c(Cl)c(F)cc5[nH]ncc45)nccc23)CC1. The molecule has 3 aromatic heterocycles. The second kappa shape index (κ2) is 12.3. The molecule has 1 fully saturated rings. The van der Waals surface area contributed by atoms with Gasteiger partial charge in [0, 0.05) is 38.4 Å². The predicted molar refractivity (Wildman–Crippen MR) is 161 cm³/mol. The van der Waals surface area contributed by atoms with Gasteiger partial charge in [0.1, 0.15) is 28.3 Å². The maximum Gasteiger partial charge on any atom is 0.319 e. The molecule has 0 radical (unpaired) electrons. The zero-order valence-corrected chi connectivity index (χ0v) is 24.6. The molecule has 0 spiro atoms. The summed E-state index contributed by atoms with van der Waals surface area (Å²) >= 11 is 6.35. The van der Waals surface area contributed by atoms with Gasteiger partial charge in [-0.15, -0.1) is 6.58 Å². The molecule has 1 aliphatic rings. The van der Waals surface area contributed by atoms with E-state index in [4.69, 9.17) is 31.0 Å². The highest BCUT2D eigenvalue weighted by Crippen LogP contribution is 2.40. The summed E-state index contributed by atoms with van der Waals surface area (Å²) in [6.07, 6.45) is 5.77. The Morgan fingerprint density at radius 3 is 2.71 bits per heavy atom. The number of piperazine rings is 1. The second-order valence-corrected chi connectivity index (χ2v) is 10.9. The first kappa shape index (κ1) is 29.2. The molecular weight excluding hydrogens is 561 g/mol. The standard InChI is InChI=1S/C30H33ClFN7O3/c1-6-23(18(5)14-17(3)4)41-30-35-26-19(28(36-30)39-12-10-38(11-13-39)24(40)7-2)8-9-33-29(26)42-27-20-16-34-37-22(20)15-21(32)25(27)31/h7-9,15-16,18,23H,2-3,6,10-14H2,1,4-5H3,(H,34,37)/t18?,23-/m1/s1. The lowest BCUT2D eigenvalue weighted by Gasteiger charge is -2.35. The molecule has 4 heterocycles. The monoisotopic (exact) mass is 593 g/mol. The summed E-state index contributed by atoms with van der Waals surface area (Å²) in [6.45, 7) is 15.9. The molecule has 10 nitrogen and oxygen atoms in total. The van der Waals surface area contributed by atoms with Crippen LogP contribution in [0.1, 0.15) is 33.6 Å². The van der Waals surface area contributed by atoms with E-state index in [1.165, 1.54) is 18.3 Å². The first-order valence-corrected chi connectivity index (χ1v) is 14.2. The Balaban J connectivity index is 1.59. The topological polar surface area (TPSA) is 109 Å². The van der Waals surface area contributed by atoms with Crippen LogP contribution in [0, 0.1) is 11.7 Å². The van der Waals surface area contributed by atoms with Crippen LogP contribution in [0.15, 0.2) is 49.3 Å². The number of aromatic amines is 1. The number of rotatable bonds is 10. The number of aromatic nitrogens is 5. The molecule has 12 heteroatoms. The molecular formula is C30H33ClFN7O3. The molecule has 0 bridgehead atoms. The Morgan fingerprint density at radius 2 is 2.02 bits per heavy atom. The number of hydrogen-bond acceptors (Lipinski definition) is 8. The number of benzene rings is 1. The summed E-state index contributed by atoms with van der Waals surface area (Å²) < 4.78 is 27.2. The number of nitrogens with zero attached hydrogens (tertiary/aromatic N) is 6. The van der Waals surface area contributed by atoms with Gasteiger partial charge >= 0.3 is 6.01 Å². The van der Waals surface area contributed by atoms with E-state index in [1.807, 2.05) is 6.92 Å². The van der Waals surface area contributed by atoms with Crippen molar-refractivity contribution in [3.8, 4) is 17.6 Å². The Kier molecular flexibility index (Phi) is 8.58. The number of ether oxygens (including phenoxy) is 2. The van der Waals surface area contributed by atoms with Crippen molar-refractivity contribution in [2.75, 3.05) is 31.1 Å². The number of hydrogen-bond donors (Lipinski definition) is 1. The van der Waals surface area contributed by atoms with Crippen LogP contribution in [0.3, 0.4) is 0 Å². The summed E-state index contributed by atoms with van der Waals surface area (Å²) in [5, 5.41) is 7.69. The lowest BCUT2D eigenvalue weighted by Crippen LogP contribution is -2.48. The highest BCUT2D eigenvalue weighted by molar-refractivity contribution is 6.33. The smallest absolute Gasteiger partial charge is 0.319 e. The van der Waals surface area contributed by atoms with E-state index < -0.39 is 5.82 Å². The molecule has 1 aliphatic heterocycles. The van der Waals surface area contributed by atoms with Crippen molar-refractivity contribution in [2.24, 2.45) is 5.92 Å². The van der Waals surface area contributed by atoms with Gasteiger partial charge in [-0.25, -0.2) is 9.37 Å². The number of nitrogens with one attached hydrogen (secondary N) is 1. The zero-order chi connectivity index (χ0) is 30.0. The summed E-state index contributed by atoms with van der Waals surface area (Å²) in [7, 11) is 0. The van der Waals surface area contributed by atoms with Gasteiger partial charge in [0.2, 0.25) is 11.8 Å². The Morgan fingerprint density at radius 1 is 1.26 bits per heavy atom. The van der Waals surface area contributed by atoms with Gasteiger partial charge in [-0.1, -0.05) is 37.6 Å². The van der Waals surface area contributed by atoms with Crippen molar-refractivity contribution in [2.45, 2.75) is 39.7 Å². The van der Waals surface area contributed by atoms with Crippen LogP contribution in [-0.4, -0.2) is 68.2 Å². The van der Waals surface area contributed by atoms with Gasteiger partial charge in [0.05, 0.1) is 22.5 Å². The minimum absolute atomic E-state index is 0.0705. The molecule has 1 amide bonds. The Labute approximate surface area is 248 Å². The fourth-order valence-electron chi connectivity index (χ4n) is 5.25. The van der Waals surface area contributed by atoms with Crippen molar-refractivity contribution in [3.63, 3.8) is 0 Å². The molecule has 1 N–H and O–H groups in total. The molecule has 0 saturated carbocycles. The van der Waals surface area contributed by atoms with Crippen LogP contribution in [0.25, 0.3) is 21.8 Å². The third-order valence-electron chi connectivity index (χ3n) is 7.36. The zero-order valence-electron chi connectivity index (χ0n) is 23.9. The molecule has 5 rings (SSSR count). The molecule has 220 valence electrons. The van der Waals surface area contributed by atoms with Crippen molar-refractivity contribution in [1.82, 2.24) is 30.0 Å². The van der Waals surface area contributed by atoms with Gasteiger partial charge in [-0.3, -0.25) is 9.89 Å². The van der Waals surface area contributed by atoms with Gasteiger partial charge in [0.25, 0.3) is 0 Å². The van der Waals surface area contributed by atoms with Gasteiger partial charge in [-0.2, -0.15) is 15.1 Å². The third kappa shape index (κ3) is 5.87. The maximum absolute atomic E-state index is 14.7. The largest absolute Gasteiger partial charge is 0.460 e. The number of anilines is 1. The number of carbonyl (C=O) groups excluding carboxylic acids is 1. The normalized spacial score (nSPS) is 15.1. The molecule has 1 saturated heterocycles. The van der Waals surface area contributed by atoms with Crippen LogP contribution < -0.4 is 14.4 Å². The molecule has 1 unspecified atom stereocenters. The summed E-state index contributed by atoms with van der Waals surface area (Å²) in [5.41, 5.74) is 1.87. The number of allylic oxidation sites excluding steroid dienone is 1. The number of halogens is 2. The fraction of sp³-hybridized carbons (Fsp3) is 0.367. The molecule has 0 aliphatic carbocycles. The molecule has 2 atom stereocenters. The van der Waals surface area contributed by atoms with E-state index in [1.54, 1.807) is 17.2 Å². The van der Waals surface area contributed by atoms with E-state index in [0.29, 0.717) is 53.8 Å². The average molecular weight is 594 g/mol. The van der Waals surface area contributed by atoms with Gasteiger partial charge in [-0.05, 0) is 37.8 Å². The predicted octanol–water partition coefficient (Wildman–Crippen LogP) is 6.08. The van der Waals surface area contributed by atoms with Crippen LogP contribution in [0.2, 0.25) is 5.02 Å². The third-order valence-corrected chi connectivity index (χ3v) is 7.71. The lowest BCUT2D eigenvalue weighted by molar-refractivity contribution is -0.126. The maximum atomic E-state index is 14.7. The van der Waals surface area contributed by atoms with Crippen LogP contribution in [0.5, 0.6) is 17.6 Å². The molecule has 4 aromatic rings. The van der Waals surface area contributed by atoms with Gasteiger partial charge < -0.3 is 19.3 Å². The van der Waals surface area contributed by atoms with Crippen molar-refractivity contribution in [1.29, 1.82) is 0 Å². The average Bonchev–Trinajstić information content (AvgIpc) is 3.45. The quantitative estimate of drug-likeness (QED) is 0.174. The summed E-state index contributed by atoms with van der Waals surface area (Å²) in [5.74, 6) is 0.205. The number of H-pyrrole nitrogens is 1. The van der Waals surface area contributed by atoms with Crippen LogP contribution >= 0.6 is 11.6 Å². The lowest BCUT2D eigenvalue weighted by atomic mass is 9.95. The minimum atomic E-state index is -0.660. The number of carbonyl (C=O) groups is 1. The van der Waals surface area contributed by atoms with Crippen molar-refractivity contribution in [3.05, 3.63) is 60.2 Å². The van der Waals surface area contributed by atoms with E-state index >= 15 is 0 Å².